The van der Waals surface area contributed by atoms with Gasteiger partial charge in [0.25, 0.3) is 5.56 Å². The number of carbonyl (C=O) groups is 1. The van der Waals surface area contributed by atoms with Crippen LogP contribution in [-0.4, -0.2) is 34.7 Å². The minimum absolute atomic E-state index is 0.0386. The molecule has 0 radical (unpaired) electrons. The Hall–Kier alpha value is -1.69. The zero-order valence-electron chi connectivity index (χ0n) is 12.8. The maximum atomic E-state index is 12.1. The van der Waals surface area contributed by atoms with E-state index in [1.54, 1.807) is 17.0 Å². The first-order chi connectivity index (χ1) is 10.7. The predicted octanol–water partition coefficient (Wildman–Crippen LogP) is 1.20. The van der Waals surface area contributed by atoms with Crippen molar-refractivity contribution in [2.45, 2.75) is 57.1 Å². The summed E-state index contributed by atoms with van der Waals surface area (Å²) in [6.45, 7) is 1.52. The molecule has 1 aromatic rings. The molecule has 1 amide bonds. The number of aromatic nitrogens is 2. The summed E-state index contributed by atoms with van der Waals surface area (Å²) in [6, 6.07) is 1.65. The molecule has 22 heavy (non-hydrogen) atoms. The van der Waals surface area contributed by atoms with Crippen molar-refractivity contribution in [1.29, 1.82) is 0 Å². The van der Waals surface area contributed by atoms with Gasteiger partial charge in [0.2, 0.25) is 5.91 Å². The van der Waals surface area contributed by atoms with Gasteiger partial charge in [-0.15, -0.1) is 0 Å². The lowest BCUT2D eigenvalue weighted by Gasteiger charge is -2.12. The van der Waals surface area contributed by atoms with E-state index in [9.17, 15) is 9.59 Å². The first-order valence-electron chi connectivity index (χ1n) is 8.20. The van der Waals surface area contributed by atoms with E-state index in [0.717, 1.165) is 31.4 Å². The SMILES string of the molecule is O=C(NCCn1cnc(C2CCCC2)cc1=O)C1CCCO1. The summed E-state index contributed by atoms with van der Waals surface area (Å²) >= 11 is 0. The van der Waals surface area contributed by atoms with E-state index in [0.29, 0.717) is 25.6 Å². The van der Waals surface area contributed by atoms with E-state index < -0.39 is 0 Å². The third kappa shape index (κ3) is 3.55. The smallest absolute Gasteiger partial charge is 0.253 e. The van der Waals surface area contributed by atoms with Gasteiger partial charge in [0.15, 0.2) is 0 Å². The van der Waals surface area contributed by atoms with E-state index in [1.807, 2.05) is 0 Å². The van der Waals surface area contributed by atoms with Crippen molar-refractivity contribution < 1.29 is 9.53 Å². The van der Waals surface area contributed by atoms with Gasteiger partial charge in [0.05, 0.1) is 12.0 Å². The van der Waals surface area contributed by atoms with E-state index in [-0.39, 0.29) is 17.6 Å². The van der Waals surface area contributed by atoms with Gasteiger partial charge in [0, 0.05) is 31.7 Å². The Labute approximate surface area is 129 Å². The number of rotatable bonds is 5. The molecule has 2 aliphatic rings. The third-order valence-corrected chi connectivity index (χ3v) is 4.55. The standard InChI is InChI=1S/C16H23N3O3/c20-15-10-13(12-4-1-2-5-12)18-11-19(15)8-7-17-16(21)14-6-3-9-22-14/h10-12,14H,1-9H2,(H,17,21). The molecule has 0 spiro atoms. The summed E-state index contributed by atoms with van der Waals surface area (Å²) in [4.78, 5) is 28.3. The highest BCUT2D eigenvalue weighted by Crippen LogP contribution is 2.32. The summed E-state index contributed by atoms with van der Waals surface area (Å²) in [7, 11) is 0. The van der Waals surface area contributed by atoms with Crippen molar-refractivity contribution in [3.05, 3.63) is 28.4 Å². The second-order valence-corrected chi connectivity index (χ2v) is 6.12. The molecule has 3 rings (SSSR count). The Kier molecular flexibility index (Phi) is 4.87. The van der Waals surface area contributed by atoms with Crippen molar-refractivity contribution in [2.75, 3.05) is 13.2 Å². The molecule has 1 unspecified atom stereocenters. The number of carbonyl (C=O) groups excluding carboxylic acids is 1. The van der Waals surface area contributed by atoms with Crippen LogP contribution in [0.25, 0.3) is 0 Å². The number of hydrogen-bond donors (Lipinski definition) is 1. The van der Waals surface area contributed by atoms with Crippen LogP contribution in [0.5, 0.6) is 0 Å². The fourth-order valence-electron chi connectivity index (χ4n) is 3.25. The largest absolute Gasteiger partial charge is 0.368 e. The van der Waals surface area contributed by atoms with Crippen molar-refractivity contribution >= 4 is 5.91 Å². The number of hydrogen-bond acceptors (Lipinski definition) is 4. The number of nitrogens with one attached hydrogen (secondary N) is 1. The van der Waals surface area contributed by atoms with Crippen LogP contribution in [0.3, 0.4) is 0 Å². The highest BCUT2D eigenvalue weighted by Gasteiger charge is 2.23. The molecule has 120 valence electrons. The molecule has 1 atom stereocenters. The topological polar surface area (TPSA) is 73.2 Å². The fourth-order valence-corrected chi connectivity index (χ4v) is 3.25. The molecular formula is C16H23N3O3. The number of nitrogens with zero attached hydrogens (tertiary/aromatic N) is 2. The average Bonchev–Trinajstić information content (AvgIpc) is 3.22. The van der Waals surface area contributed by atoms with Gasteiger partial charge >= 0.3 is 0 Å². The summed E-state index contributed by atoms with van der Waals surface area (Å²) in [6.07, 6.45) is 7.72. The van der Waals surface area contributed by atoms with Crippen LogP contribution >= 0.6 is 0 Å². The lowest BCUT2D eigenvalue weighted by Crippen LogP contribution is -2.37. The molecule has 1 saturated heterocycles. The van der Waals surface area contributed by atoms with Crippen molar-refractivity contribution in [2.24, 2.45) is 0 Å². The van der Waals surface area contributed by atoms with Crippen LogP contribution in [0, 0.1) is 0 Å². The molecule has 2 heterocycles. The van der Waals surface area contributed by atoms with Gasteiger partial charge in [-0.3, -0.25) is 14.2 Å². The zero-order chi connectivity index (χ0) is 15.4. The van der Waals surface area contributed by atoms with Gasteiger partial charge < -0.3 is 10.1 Å². The minimum Gasteiger partial charge on any atom is -0.368 e. The molecule has 1 saturated carbocycles. The Balaban J connectivity index is 1.52. The van der Waals surface area contributed by atoms with E-state index in [1.165, 1.54) is 12.8 Å². The highest BCUT2D eigenvalue weighted by atomic mass is 16.5. The van der Waals surface area contributed by atoms with Gasteiger partial charge in [-0.2, -0.15) is 0 Å². The number of amides is 1. The molecule has 6 heteroatoms. The fraction of sp³-hybridized carbons (Fsp3) is 0.688. The van der Waals surface area contributed by atoms with Crippen molar-refractivity contribution in [3.63, 3.8) is 0 Å². The maximum absolute atomic E-state index is 12.1. The van der Waals surface area contributed by atoms with Crippen molar-refractivity contribution in [3.8, 4) is 0 Å². The molecule has 0 bridgehead atoms. The Morgan fingerprint density at radius 1 is 1.32 bits per heavy atom. The second-order valence-electron chi connectivity index (χ2n) is 6.12. The molecule has 2 fully saturated rings. The van der Waals surface area contributed by atoms with Crippen LogP contribution in [0.1, 0.15) is 50.1 Å². The van der Waals surface area contributed by atoms with Gasteiger partial charge in [-0.25, -0.2) is 4.98 Å². The quantitative estimate of drug-likeness (QED) is 0.887. The first kappa shape index (κ1) is 15.2. The molecule has 6 nitrogen and oxygen atoms in total. The lowest BCUT2D eigenvalue weighted by molar-refractivity contribution is -0.130. The minimum atomic E-state index is -0.320. The third-order valence-electron chi connectivity index (χ3n) is 4.55. The molecule has 1 aromatic heterocycles. The Bertz CT molecular complexity index is 572. The summed E-state index contributed by atoms with van der Waals surface area (Å²) < 4.78 is 6.87. The van der Waals surface area contributed by atoms with E-state index in [2.05, 4.69) is 10.3 Å². The van der Waals surface area contributed by atoms with Crippen LogP contribution in [0.15, 0.2) is 17.2 Å². The Morgan fingerprint density at radius 2 is 2.14 bits per heavy atom. The Morgan fingerprint density at radius 3 is 2.82 bits per heavy atom. The van der Waals surface area contributed by atoms with E-state index >= 15 is 0 Å². The predicted molar refractivity (Wildman–Crippen MR) is 81.7 cm³/mol. The van der Waals surface area contributed by atoms with Crippen molar-refractivity contribution in [1.82, 2.24) is 14.9 Å². The monoisotopic (exact) mass is 305 g/mol. The summed E-state index contributed by atoms with van der Waals surface area (Å²) in [5, 5.41) is 2.82. The molecule has 0 aromatic carbocycles. The van der Waals surface area contributed by atoms with Gasteiger partial charge in [-0.05, 0) is 25.7 Å². The van der Waals surface area contributed by atoms with Crippen LogP contribution in [0.2, 0.25) is 0 Å². The normalized spacial score (nSPS) is 22.1. The summed E-state index contributed by atoms with van der Waals surface area (Å²) in [5.74, 6) is 0.364. The van der Waals surface area contributed by atoms with Gasteiger partial charge in [-0.1, -0.05) is 12.8 Å². The highest BCUT2D eigenvalue weighted by molar-refractivity contribution is 5.80. The van der Waals surface area contributed by atoms with E-state index in [4.69, 9.17) is 4.74 Å². The van der Waals surface area contributed by atoms with Gasteiger partial charge in [0.1, 0.15) is 6.10 Å². The maximum Gasteiger partial charge on any atom is 0.253 e. The molecule has 1 N–H and O–H groups in total. The number of ether oxygens (including phenoxy) is 1. The summed E-state index contributed by atoms with van der Waals surface area (Å²) in [5.41, 5.74) is 0.880. The second kappa shape index (κ2) is 7.05. The lowest BCUT2D eigenvalue weighted by atomic mass is 10.0. The average molecular weight is 305 g/mol. The molecule has 1 aliphatic heterocycles. The van der Waals surface area contributed by atoms with Crippen LogP contribution in [0.4, 0.5) is 0 Å². The molecular weight excluding hydrogens is 282 g/mol. The zero-order valence-corrected chi connectivity index (χ0v) is 12.8. The van der Waals surface area contributed by atoms with Crippen LogP contribution < -0.4 is 10.9 Å². The molecule has 1 aliphatic carbocycles. The van der Waals surface area contributed by atoms with Crippen LogP contribution in [-0.2, 0) is 16.1 Å². The first-order valence-corrected chi connectivity index (χ1v) is 8.20.